The van der Waals surface area contributed by atoms with Crippen LogP contribution in [0, 0.1) is 0 Å². The zero-order valence-corrected chi connectivity index (χ0v) is 23.3. The minimum atomic E-state index is -1.50. The highest BCUT2D eigenvalue weighted by molar-refractivity contribution is 5.94. The first-order valence-electron chi connectivity index (χ1n) is 13.3. The monoisotopic (exact) mass is 523 g/mol. The lowest BCUT2D eigenvalue weighted by molar-refractivity contribution is -0.161. The van der Waals surface area contributed by atoms with Crippen LogP contribution < -0.4 is 15.5 Å². The molecule has 10 heteroatoms. The van der Waals surface area contributed by atoms with Crippen LogP contribution in [0.1, 0.15) is 38.3 Å². The molecule has 0 spiro atoms. The van der Waals surface area contributed by atoms with E-state index in [0.717, 1.165) is 63.7 Å². The summed E-state index contributed by atoms with van der Waals surface area (Å²) >= 11 is 0. The average molecular weight is 524 g/mol. The molecule has 10 nitrogen and oxygen atoms in total. The van der Waals surface area contributed by atoms with Crippen molar-refractivity contribution in [1.29, 1.82) is 0 Å². The molecule has 0 atom stereocenters. The average Bonchev–Trinajstić information content (AvgIpc) is 2.87. The van der Waals surface area contributed by atoms with E-state index in [2.05, 4.69) is 43.7 Å². The summed E-state index contributed by atoms with van der Waals surface area (Å²) in [6.45, 7) is 12.6. The van der Waals surface area contributed by atoms with Gasteiger partial charge < -0.3 is 30.1 Å². The summed E-state index contributed by atoms with van der Waals surface area (Å²) in [4.78, 5) is 44.9. The Labute approximate surface area is 225 Å². The topological polar surface area (TPSA) is 108 Å². The number of likely N-dealkylation sites (N-methyl/N-ethyl adjacent to an activating group) is 2. The first-order valence-corrected chi connectivity index (χ1v) is 13.3. The number of piperazine rings is 2. The molecule has 38 heavy (non-hydrogen) atoms. The number of carbonyl (C=O) groups excluding carboxylic acids is 2. The Morgan fingerprint density at radius 2 is 1.21 bits per heavy atom. The van der Waals surface area contributed by atoms with E-state index in [4.69, 9.17) is 10.5 Å². The summed E-state index contributed by atoms with van der Waals surface area (Å²) in [5.74, 6) is -1.15. The second-order valence-corrected chi connectivity index (χ2v) is 11.5. The predicted molar refractivity (Wildman–Crippen MR) is 148 cm³/mol. The second-order valence-electron chi connectivity index (χ2n) is 11.5. The van der Waals surface area contributed by atoms with Gasteiger partial charge in [-0.1, -0.05) is 0 Å². The van der Waals surface area contributed by atoms with Gasteiger partial charge in [0.2, 0.25) is 5.91 Å². The molecular weight excluding hydrogens is 482 g/mol. The minimum Gasteiger partial charge on any atom is -0.459 e. The Morgan fingerprint density at radius 1 is 0.789 bits per heavy atom. The summed E-state index contributed by atoms with van der Waals surface area (Å²) in [6, 6.07) is 3.90. The summed E-state index contributed by atoms with van der Waals surface area (Å²) in [5, 5.41) is 0. The van der Waals surface area contributed by atoms with Crippen molar-refractivity contribution in [2.24, 2.45) is 5.73 Å². The molecule has 2 aliphatic rings. The Morgan fingerprint density at radius 3 is 1.58 bits per heavy atom. The van der Waals surface area contributed by atoms with Crippen LogP contribution in [-0.2, 0) is 19.7 Å². The van der Waals surface area contributed by atoms with Gasteiger partial charge in [-0.25, -0.2) is 0 Å². The van der Waals surface area contributed by atoms with Crippen LogP contribution >= 0.6 is 0 Å². The summed E-state index contributed by atoms with van der Waals surface area (Å²) in [6.07, 6.45) is 6.64. The van der Waals surface area contributed by atoms with Crippen LogP contribution in [0.15, 0.2) is 36.9 Å². The molecule has 0 aromatic carbocycles. The molecule has 0 radical (unpaired) electrons. The molecule has 1 amide bonds. The molecule has 2 aromatic rings. The Balaban J connectivity index is 1.84. The van der Waals surface area contributed by atoms with Crippen LogP contribution in [0.4, 0.5) is 11.4 Å². The van der Waals surface area contributed by atoms with Gasteiger partial charge >= 0.3 is 5.97 Å². The number of amides is 1. The van der Waals surface area contributed by atoms with Crippen molar-refractivity contribution in [3.63, 3.8) is 0 Å². The Bertz CT molecular complexity index is 1070. The smallest absolute Gasteiger partial charge is 0.322 e. The zero-order chi connectivity index (χ0) is 27.5. The van der Waals surface area contributed by atoms with Crippen molar-refractivity contribution in [1.82, 2.24) is 19.8 Å². The van der Waals surface area contributed by atoms with Gasteiger partial charge in [0.15, 0.2) is 0 Å². The normalized spacial score (nSPS) is 17.9. The van der Waals surface area contributed by atoms with Crippen molar-refractivity contribution in [3.05, 3.63) is 48.0 Å². The molecule has 4 heterocycles. The maximum absolute atomic E-state index is 14.2. The molecule has 2 aliphatic heterocycles. The summed E-state index contributed by atoms with van der Waals surface area (Å²) in [7, 11) is 4.21. The predicted octanol–water partition coefficient (Wildman–Crippen LogP) is 1.48. The number of anilines is 2. The molecule has 4 rings (SSSR count). The largest absolute Gasteiger partial charge is 0.459 e. The molecule has 0 aliphatic carbocycles. The number of carbonyl (C=O) groups is 2. The molecule has 0 bridgehead atoms. The number of primary amides is 1. The first kappa shape index (κ1) is 27.8. The van der Waals surface area contributed by atoms with Crippen LogP contribution in [0.5, 0.6) is 0 Å². The standard InChI is InChI=1S/C28H41N7O3/c1-27(2,3)38-26(37)28(16-25(29)36,21-14-23(19-30-17-21)34-10-6-32(4)7-11-34)22-15-24(20-31-18-22)35-12-8-33(5)9-13-35/h14-15,17-20H,6-13,16H2,1-5H3,(H2,29,36). The lowest BCUT2D eigenvalue weighted by atomic mass is 9.72. The third-order valence-corrected chi connectivity index (χ3v) is 7.36. The van der Waals surface area contributed by atoms with Gasteiger partial charge in [-0.15, -0.1) is 0 Å². The third kappa shape index (κ3) is 6.24. The highest BCUT2D eigenvalue weighted by atomic mass is 16.6. The Kier molecular flexibility index (Phi) is 8.22. The van der Waals surface area contributed by atoms with Crippen LogP contribution in [0.25, 0.3) is 0 Å². The van der Waals surface area contributed by atoms with E-state index in [9.17, 15) is 9.59 Å². The molecular formula is C28H41N7O3. The number of nitrogens with zero attached hydrogens (tertiary/aromatic N) is 6. The van der Waals surface area contributed by atoms with Gasteiger partial charge in [0.25, 0.3) is 0 Å². The van der Waals surface area contributed by atoms with Gasteiger partial charge in [-0.3, -0.25) is 19.6 Å². The SMILES string of the molecule is CN1CCN(c2cncc(C(CC(N)=O)(C(=O)OC(C)(C)C)c3cncc(N4CCN(C)CC4)c3)c2)CC1. The number of aromatic nitrogens is 2. The number of ether oxygens (including phenoxy) is 1. The van der Waals surface area contributed by atoms with Crippen LogP contribution in [0.3, 0.4) is 0 Å². The fraction of sp³-hybridized carbons (Fsp3) is 0.571. The molecule has 2 N–H and O–H groups in total. The van der Waals surface area contributed by atoms with E-state index in [1.54, 1.807) is 24.8 Å². The van der Waals surface area contributed by atoms with E-state index in [-0.39, 0.29) is 6.42 Å². The maximum atomic E-state index is 14.2. The third-order valence-electron chi connectivity index (χ3n) is 7.36. The number of hydrogen-bond donors (Lipinski definition) is 1. The number of hydrogen-bond acceptors (Lipinski definition) is 9. The number of esters is 1. The van der Waals surface area contributed by atoms with Gasteiger partial charge in [-0.2, -0.15) is 0 Å². The highest BCUT2D eigenvalue weighted by Gasteiger charge is 2.47. The van der Waals surface area contributed by atoms with Crippen molar-refractivity contribution >= 4 is 23.3 Å². The highest BCUT2D eigenvalue weighted by Crippen LogP contribution is 2.40. The van der Waals surface area contributed by atoms with Crippen LogP contribution in [0.2, 0.25) is 0 Å². The fourth-order valence-electron chi connectivity index (χ4n) is 5.10. The van der Waals surface area contributed by atoms with Crippen molar-refractivity contribution < 1.29 is 14.3 Å². The van der Waals surface area contributed by atoms with Gasteiger partial charge in [0.05, 0.1) is 30.2 Å². The maximum Gasteiger partial charge on any atom is 0.322 e. The minimum absolute atomic E-state index is 0.260. The molecule has 2 fully saturated rings. The van der Waals surface area contributed by atoms with Crippen molar-refractivity contribution in [2.45, 2.75) is 38.2 Å². The fourth-order valence-corrected chi connectivity index (χ4v) is 5.10. The van der Waals surface area contributed by atoms with E-state index >= 15 is 0 Å². The van der Waals surface area contributed by atoms with Crippen molar-refractivity contribution in [2.75, 3.05) is 76.3 Å². The quantitative estimate of drug-likeness (QED) is 0.540. The Hall–Kier alpha value is -3.24. The van der Waals surface area contributed by atoms with Gasteiger partial charge in [-0.05, 0) is 58.1 Å². The molecule has 0 saturated carbocycles. The molecule has 2 saturated heterocycles. The second kappa shape index (κ2) is 11.2. The molecule has 206 valence electrons. The zero-order valence-electron chi connectivity index (χ0n) is 23.3. The summed E-state index contributed by atoms with van der Waals surface area (Å²) < 4.78 is 5.97. The van der Waals surface area contributed by atoms with E-state index in [1.807, 2.05) is 32.9 Å². The van der Waals surface area contributed by atoms with E-state index in [1.165, 1.54) is 0 Å². The number of nitrogens with two attached hydrogens (primary N) is 1. The molecule has 2 aromatic heterocycles. The lowest BCUT2D eigenvalue weighted by Gasteiger charge is -2.37. The number of pyridine rings is 2. The van der Waals surface area contributed by atoms with Gasteiger partial charge in [0, 0.05) is 64.8 Å². The first-order chi connectivity index (χ1) is 18.0. The van der Waals surface area contributed by atoms with Crippen LogP contribution in [-0.4, -0.2) is 104 Å². The van der Waals surface area contributed by atoms with Crippen molar-refractivity contribution in [3.8, 4) is 0 Å². The number of rotatable bonds is 7. The van der Waals surface area contributed by atoms with E-state index in [0.29, 0.717) is 11.1 Å². The molecule has 0 unspecified atom stereocenters. The lowest BCUT2D eigenvalue weighted by Crippen LogP contribution is -2.47. The van der Waals surface area contributed by atoms with Gasteiger partial charge in [0.1, 0.15) is 11.0 Å². The van der Waals surface area contributed by atoms with E-state index < -0.39 is 22.9 Å². The summed E-state index contributed by atoms with van der Waals surface area (Å²) in [5.41, 5.74) is 6.50.